The molecule has 0 radical (unpaired) electrons. The highest BCUT2D eigenvalue weighted by atomic mass is 16.7. The predicted molar refractivity (Wildman–Crippen MR) is 115 cm³/mol. The lowest BCUT2D eigenvalue weighted by atomic mass is 10.1. The summed E-state index contributed by atoms with van der Waals surface area (Å²) in [6, 6.07) is 3.61. The molecule has 184 valence electrons. The number of ether oxygens (including phenoxy) is 6. The molecule has 1 N–H and O–H groups in total. The monoisotopic (exact) mass is 469 g/mol. The summed E-state index contributed by atoms with van der Waals surface area (Å²) in [5.41, 5.74) is 0.561. The van der Waals surface area contributed by atoms with Crippen LogP contribution in [0, 0.1) is 0 Å². The van der Waals surface area contributed by atoms with Crippen molar-refractivity contribution in [3.05, 3.63) is 23.8 Å². The van der Waals surface area contributed by atoms with Crippen LogP contribution in [-0.4, -0.2) is 64.8 Å². The van der Waals surface area contributed by atoms with Crippen LogP contribution in [0.15, 0.2) is 18.2 Å². The Hall–Kier alpha value is -3.34. The molecule has 0 aliphatic heterocycles. The lowest BCUT2D eigenvalue weighted by Gasteiger charge is -2.17. The second-order valence-corrected chi connectivity index (χ2v) is 6.81. The number of unbranched alkanes of at least 4 members (excludes halogenated alkanes) is 2. The average Bonchev–Trinajstić information content (AvgIpc) is 2.81. The zero-order chi connectivity index (χ0) is 24.6. The number of nitrogens with one attached hydrogen (secondary N) is 1. The predicted octanol–water partition coefficient (Wildman–Crippen LogP) is 2.77. The molecule has 0 saturated heterocycles. The SMILES string of the molecule is CCCCCC(=O)OCCN[C@@H](Cc1ccc(OC(=O)OC)c(OC(=O)OC)c1)C(=O)OC. The van der Waals surface area contributed by atoms with E-state index in [0.717, 1.165) is 33.5 Å². The van der Waals surface area contributed by atoms with Crippen LogP contribution < -0.4 is 14.8 Å². The van der Waals surface area contributed by atoms with Crippen molar-refractivity contribution in [3.8, 4) is 11.5 Å². The van der Waals surface area contributed by atoms with Crippen molar-refractivity contribution in [2.24, 2.45) is 0 Å². The van der Waals surface area contributed by atoms with Crippen molar-refractivity contribution in [1.82, 2.24) is 5.32 Å². The summed E-state index contributed by atoms with van der Waals surface area (Å²) >= 11 is 0. The molecule has 0 heterocycles. The van der Waals surface area contributed by atoms with Gasteiger partial charge in [0.25, 0.3) is 0 Å². The number of esters is 2. The number of carbonyl (C=O) groups is 4. The Balaban J connectivity index is 2.81. The van der Waals surface area contributed by atoms with Gasteiger partial charge in [0.15, 0.2) is 11.5 Å². The van der Waals surface area contributed by atoms with E-state index in [-0.39, 0.29) is 37.0 Å². The molecule has 0 amide bonds. The third-order valence-electron chi connectivity index (χ3n) is 4.39. The number of rotatable bonds is 13. The Morgan fingerprint density at radius 2 is 1.58 bits per heavy atom. The van der Waals surface area contributed by atoms with Crippen molar-refractivity contribution >= 4 is 24.2 Å². The van der Waals surface area contributed by atoms with Gasteiger partial charge in [-0.15, -0.1) is 0 Å². The summed E-state index contributed by atoms with van der Waals surface area (Å²) in [5.74, 6) is -0.997. The second kappa shape index (κ2) is 15.5. The fourth-order valence-corrected chi connectivity index (χ4v) is 2.71. The van der Waals surface area contributed by atoms with Crippen LogP contribution in [0.5, 0.6) is 11.5 Å². The van der Waals surface area contributed by atoms with Crippen molar-refractivity contribution in [3.63, 3.8) is 0 Å². The number of benzene rings is 1. The third-order valence-corrected chi connectivity index (χ3v) is 4.39. The Bertz CT molecular complexity index is 795. The minimum atomic E-state index is -1.02. The highest BCUT2D eigenvalue weighted by molar-refractivity contribution is 5.76. The van der Waals surface area contributed by atoms with Crippen LogP contribution in [0.2, 0.25) is 0 Å². The summed E-state index contributed by atoms with van der Waals surface area (Å²) < 4.78 is 28.9. The van der Waals surface area contributed by atoms with Gasteiger partial charge in [-0.2, -0.15) is 0 Å². The van der Waals surface area contributed by atoms with Gasteiger partial charge in [0.2, 0.25) is 0 Å². The van der Waals surface area contributed by atoms with Gasteiger partial charge in [-0.05, 0) is 30.5 Å². The molecule has 11 heteroatoms. The molecule has 1 atom stereocenters. The molecule has 33 heavy (non-hydrogen) atoms. The van der Waals surface area contributed by atoms with E-state index in [2.05, 4.69) is 14.8 Å². The van der Waals surface area contributed by atoms with E-state index in [1.807, 2.05) is 6.92 Å². The maximum Gasteiger partial charge on any atom is 0.513 e. The highest BCUT2D eigenvalue weighted by Gasteiger charge is 2.21. The highest BCUT2D eigenvalue weighted by Crippen LogP contribution is 2.30. The smallest absolute Gasteiger partial charge is 0.468 e. The van der Waals surface area contributed by atoms with Gasteiger partial charge in [-0.1, -0.05) is 25.8 Å². The Kier molecular flexibility index (Phi) is 13.0. The molecule has 11 nitrogen and oxygen atoms in total. The molecule has 0 fully saturated rings. The standard InChI is InChI=1S/C22H31NO10/c1-5-6-7-8-19(24)31-12-11-23-16(20(25)28-2)13-15-9-10-17(32-21(26)29-3)18(14-15)33-22(27)30-4/h9-10,14,16,23H,5-8,11-13H2,1-4H3/t16-/m0/s1. The van der Waals surface area contributed by atoms with Gasteiger partial charge >= 0.3 is 24.2 Å². The van der Waals surface area contributed by atoms with Crippen LogP contribution in [0.25, 0.3) is 0 Å². The normalized spacial score (nSPS) is 11.2. The third kappa shape index (κ3) is 10.7. The van der Waals surface area contributed by atoms with Crippen LogP contribution in [0.1, 0.15) is 38.2 Å². The van der Waals surface area contributed by atoms with Crippen LogP contribution in [-0.2, 0) is 35.0 Å². The van der Waals surface area contributed by atoms with E-state index in [1.165, 1.54) is 19.2 Å². The first-order valence-electron chi connectivity index (χ1n) is 10.5. The molecule has 0 aromatic heterocycles. The van der Waals surface area contributed by atoms with Crippen molar-refractivity contribution in [2.75, 3.05) is 34.5 Å². The van der Waals surface area contributed by atoms with E-state index >= 15 is 0 Å². The molecule has 1 aromatic carbocycles. The average molecular weight is 469 g/mol. The minimum absolute atomic E-state index is 0.0754. The van der Waals surface area contributed by atoms with E-state index in [0.29, 0.717) is 12.0 Å². The largest absolute Gasteiger partial charge is 0.513 e. The van der Waals surface area contributed by atoms with Crippen LogP contribution in [0.4, 0.5) is 9.59 Å². The minimum Gasteiger partial charge on any atom is -0.468 e. The molecule has 1 rings (SSSR count). The maximum absolute atomic E-state index is 12.2. The summed E-state index contributed by atoms with van der Waals surface area (Å²) in [5, 5.41) is 2.98. The van der Waals surface area contributed by atoms with Crippen LogP contribution in [0.3, 0.4) is 0 Å². The number of methoxy groups -OCH3 is 3. The fraction of sp³-hybridized carbons (Fsp3) is 0.545. The summed E-state index contributed by atoms with van der Waals surface area (Å²) in [7, 11) is 3.51. The van der Waals surface area contributed by atoms with Crippen molar-refractivity contribution in [2.45, 2.75) is 45.1 Å². The van der Waals surface area contributed by atoms with Crippen molar-refractivity contribution < 1.29 is 47.6 Å². The quantitative estimate of drug-likeness (QED) is 0.198. The van der Waals surface area contributed by atoms with Gasteiger partial charge in [-0.3, -0.25) is 9.59 Å². The lowest BCUT2D eigenvalue weighted by Crippen LogP contribution is -2.41. The Morgan fingerprint density at radius 3 is 2.18 bits per heavy atom. The maximum atomic E-state index is 12.2. The van der Waals surface area contributed by atoms with Gasteiger partial charge < -0.3 is 33.7 Å². The number of hydrogen-bond donors (Lipinski definition) is 1. The molecule has 0 bridgehead atoms. The molecule has 1 aromatic rings. The van der Waals surface area contributed by atoms with Crippen molar-refractivity contribution in [1.29, 1.82) is 0 Å². The molecular weight excluding hydrogens is 438 g/mol. The second-order valence-electron chi connectivity index (χ2n) is 6.81. The summed E-state index contributed by atoms with van der Waals surface area (Å²) in [6.45, 7) is 2.38. The first-order valence-corrected chi connectivity index (χ1v) is 10.5. The summed E-state index contributed by atoms with van der Waals surface area (Å²) in [4.78, 5) is 46.9. The molecule has 0 unspecified atom stereocenters. The first kappa shape index (κ1) is 27.7. The molecule has 0 spiro atoms. The first-order chi connectivity index (χ1) is 15.8. The Morgan fingerprint density at radius 1 is 0.909 bits per heavy atom. The zero-order valence-corrected chi connectivity index (χ0v) is 19.3. The van der Waals surface area contributed by atoms with Gasteiger partial charge in [0, 0.05) is 13.0 Å². The number of carbonyl (C=O) groups excluding carboxylic acids is 4. The fourth-order valence-electron chi connectivity index (χ4n) is 2.71. The molecule has 0 aliphatic rings. The van der Waals surface area contributed by atoms with Gasteiger partial charge in [0.1, 0.15) is 12.6 Å². The van der Waals surface area contributed by atoms with Crippen LogP contribution >= 0.6 is 0 Å². The van der Waals surface area contributed by atoms with Gasteiger partial charge in [-0.25, -0.2) is 9.59 Å². The Labute approximate surface area is 192 Å². The van der Waals surface area contributed by atoms with E-state index in [4.69, 9.17) is 18.9 Å². The lowest BCUT2D eigenvalue weighted by molar-refractivity contribution is -0.144. The summed E-state index contributed by atoms with van der Waals surface area (Å²) in [6.07, 6.45) is 1.23. The topological polar surface area (TPSA) is 136 Å². The van der Waals surface area contributed by atoms with E-state index in [9.17, 15) is 19.2 Å². The van der Waals surface area contributed by atoms with E-state index in [1.54, 1.807) is 6.07 Å². The molecule has 0 saturated carbocycles. The molecular formula is C22H31NO10. The van der Waals surface area contributed by atoms with E-state index < -0.39 is 24.3 Å². The molecule has 0 aliphatic carbocycles. The number of hydrogen-bond acceptors (Lipinski definition) is 11. The van der Waals surface area contributed by atoms with Gasteiger partial charge in [0.05, 0.1) is 21.3 Å². The zero-order valence-electron chi connectivity index (χ0n) is 19.3.